The van der Waals surface area contributed by atoms with Gasteiger partial charge in [-0.1, -0.05) is 23.7 Å². The van der Waals surface area contributed by atoms with E-state index in [2.05, 4.69) is 21.2 Å². The number of furan rings is 1. The fraction of sp³-hybridized carbons (Fsp3) is 0.464. The number of amides is 1. The van der Waals surface area contributed by atoms with Crippen molar-refractivity contribution in [3.05, 3.63) is 53.8 Å². The smallest absolute Gasteiger partial charge is 0.234 e. The second kappa shape index (κ2) is 12.4. The van der Waals surface area contributed by atoms with Crippen LogP contribution in [-0.2, 0) is 4.79 Å². The molecule has 6 nitrogen and oxygen atoms in total. The first-order valence-electron chi connectivity index (χ1n) is 12.6. The third-order valence-corrected chi connectivity index (χ3v) is 6.62. The predicted octanol–water partition coefficient (Wildman–Crippen LogP) is 5.44. The van der Waals surface area contributed by atoms with Crippen molar-refractivity contribution in [2.24, 2.45) is 0 Å². The summed E-state index contributed by atoms with van der Waals surface area (Å²) in [6.45, 7) is 10.3. The van der Waals surface area contributed by atoms with Gasteiger partial charge in [-0.05, 0) is 69.5 Å². The fourth-order valence-corrected chi connectivity index (χ4v) is 4.62. The zero-order chi connectivity index (χ0) is 24.6. The first-order chi connectivity index (χ1) is 17.0. The minimum absolute atomic E-state index is 0.127. The number of carbonyl (C=O) groups is 1. The molecule has 0 spiro atoms. The quantitative estimate of drug-likeness (QED) is 0.357. The second-order valence-electron chi connectivity index (χ2n) is 9.56. The highest BCUT2D eigenvalue weighted by Crippen LogP contribution is 2.33. The van der Waals surface area contributed by atoms with Crippen molar-refractivity contribution >= 4 is 28.5 Å². The van der Waals surface area contributed by atoms with Crippen molar-refractivity contribution in [3.8, 4) is 16.9 Å². The van der Waals surface area contributed by atoms with Gasteiger partial charge in [-0.2, -0.15) is 0 Å². The molecule has 2 aromatic carbocycles. The van der Waals surface area contributed by atoms with E-state index in [1.54, 1.807) is 6.26 Å². The topological polar surface area (TPSA) is 58.0 Å². The lowest BCUT2D eigenvalue weighted by molar-refractivity contribution is -0.123. The third kappa shape index (κ3) is 7.47. The van der Waals surface area contributed by atoms with Gasteiger partial charge in [0, 0.05) is 54.3 Å². The SMILES string of the molecule is CC(C)NC(=O)CN1CCN(CCCCCOc2ccc3c(-c4ccc(Cl)cc4)coc3c2)CC1. The molecule has 7 heteroatoms. The fourth-order valence-electron chi connectivity index (χ4n) is 4.50. The Morgan fingerprint density at radius 3 is 2.51 bits per heavy atom. The van der Waals surface area contributed by atoms with Crippen LogP contribution in [0.25, 0.3) is 22.1 Å². The minimum Gasteiger partial charge on any atom is -0.493 e. The van der Waals surface area contributed by atoms with Crippen molar-refractivity contribution < 1.29 is 13.9 Å². The van der Waals surface area contributed by atoms with Gasteiger partial charge in [-0.25, -0.2) is 0 Å². The molecule has 0 saturated carbocycles. The first kappa shape index (κ1) is 25.5. The summed E-state index contributed by atoms with van der Waals surface area (Å²) in [5.41, 5.74) is 2.97. The zero-order valence-corrected chi connectivity index (χ0v) is 21.5. The average molecular weight is 498 g/mol. The zero-order valence-electron chi connectivity index (χ0n) is 20.8. The molecule has 2 heterocycles. The molecule has 1 N–H and O–H groups in total. The van der Waals surface area contributed by atoms with Gasteiger partial charge < -0.3 is 19.4 Å². The lowest BCUT2D eigenvalue weighted by atomic mass is 10.0. The van der Waals surface area contributed by atoms with Crippen LogP contribution in [0.1, 0.15) is 33.1 Å². The molecule has 0 unspecified atom stereocenters. The van der Waals surface area contributed by atoms with E-state index in [1.165, 1.54) is 6.42 Å². The summed E-state index contributed by atoms with van der Waals surface area (Å²) in [6.07, 6.45) is 5.12. The van der Waals surface area contributed by atoms with Crippen LogP contribution < -0.4 is 10.1 Å². The van der Waals surface area contributed by atoms with Crippen LogP contribution in [0.15, 0.2) is 53.1 Å². The summed E-state index contributed by atoms with van der Waals surface area (Å²) in [7, 11) is 0. The Morgan fingerprint density at radius 1 is 1.03 bits per heavy atom. The molecule has 1 aromatic heterocycles. The Kier molecular flexibility index (Phi) is 9.07. The highest BCUT2D eigenvalue weighted by molar-refractivity contribution is 6.30. The maximum atomic E-state index is 11.9. The number of rotatable bonds is 11. The number of benzene rings is 2. The van der Waals surface area contributed by atoms with Crippen molar-refractivity contribution in [2.45, 2.75) is 39.2 Å². The molecule has 0 radical (unpaired) electrons. The van der Waals surface area contributed by atoms with Crippen LogP contribution in [0.4, 0.5) is 0 Å². The van der Waals surface area contributed by atoms with Gasteiger partial charge in [0.2, 0.25) is 5.91 Å². The van der Waals surface area contributed by atoms with Gasteiger partial charge in [0.1, 0.15) is 11.3 Å². The monoisotopic (exact) mass is 497 g/mol. The first-order valence-corrected chi connectivity index (χ1v) is 13.0. The molecule has 0 aliphatic carbocycles. The lowest BCUT2D eigenvalue weighted by Gasteiger charge is -2.34. The maximum absolute atomic E-state index is 11.9. The number of carbonyl (C=O) groups excluding carboxylic acids is 1. The summed E-state index contributed by atoms with van der Waals surface area (Å²) in [5.74, 6) is 0.966. The van der Waals surface area contributed by atoms with Crippen LogP contribution in [-0.4, -0.2) is 67.6 Å². The number of hydrogen-bond acceptors (Lipinski definition) is 5. The molecule has 0 bridgehead atoms. The van der Waals surface area contributed by atoms with Crippen molar-refractivity contribution in [2.75, 3.05) is 45.9 Å². The van der Waals surface area contributed by atoms with Crippen LogP contribution in [0.5, 0.6) is 5.75 Å². The largest absolute Gasteiger partial charge is 0.493 e. The number of hydrogen-bond donors (Lipinski definition) is 1. The summed E-state index contributed by atoms with van der Waals surface area (Å²) in [5, 5.41) is 4.76. The van der Waals surface area contributed by atoms with E-state index in [4.69, 9.17) is 20.8 Å². The van der Waals surface area contributed by atoms with Gasteiger partial charge in [0.25, 0.3) is 0 Å². The van der Waals surface area contributed by atoms with Gasteiger partial charge >= 0.3 is 0 Å². The molecule has 1 saturated heterocycles. The van der Waals surface area contributed by atoms with Crippen LogP contribution in [0, 0.1) is 0 Å². The Labute approximate surface area is 213 Å². The number of fused-ring (bicyclic) bond motifs is 1. The minimum atomic E-state index is 0.127. The molecule has 1 aliphatic heterocycles. The third-order valence-electron chi connectivity index (χ3n) is 6.37. The molecule has 1 fully saturated rings. The normalized spacial score (nSPS) is 15.1. The summed E-state index contributed by atoms with van der Waals surface area (Å²) in [6, 6.07) is 14.0. The average Bonchev–Trinajstić information content (AvgIpc) is 3.25. The molecule has 35 heavy (non-hydrogen) atoms. The van der Waals surface area contributed by atoms with Gasteiger partial charge in [0.15, 0.2) is 0 Å². The van der Waals surface area contributed by atoms with Crippen LogP contribution in [0.2, 0.25) is 5.02 Å². The van der Waals surface area contributed by atoms with Gasteiger partial charge in [-0.15, -0.1) is 0 Å². The molecular weight excluding hydrogens is 462 g/mol. The van der Waals surface area contributed by atoms with E-state index in [-0.39, 0.29) is 11.9 Å². The number of unbranched alkanes of at least 4 members (excludes halogenated alkanes) is 2. The Hall–Kier alpha value is -2.54. The van der Waals surface area contributed by atoms with Crippen molar-refractivity contribution in [1.82, 2.24) is 15.1 Å². The number of nitrogens with one attached hydrogen (secondary N) is 1. The van der Waals surface area contributed by atoms with Crippen LogP contribution >= 0.6 is 11.6 Å². The van der Waals surface area contributed by atoms with E-state index in [1.807, 2.05) is 50.2 Å². The van der Waals surface area contributed by atoms with E-state index in [0.717, 1.165) is 78.4 Å². The number of piperazine rings is 1. The number of ether oxygens (including phenoxy) is 1. The van der Waals surface area contributed by atoms with Crippen molar-refractivity contribution in [1.29, 1.82) is 0 Å². The number of halogens is 1. The highest BCUT2D eigenvalue weighted by atomic mass is 35.5. The predicted molar refractivity (Wildman–Crippen MR) is 142 cm³/mol. The number of nitrogens with zero attached hydrogens (tertiary/aromatic N) is 2. The van der Waals surface area contributed by atoms with E-state index in [0.29, 0.717) is 13.2 Å². The summed E-state index contributed by atoms with van der Waals surface area (Å²) >= 11 is 6.01. The second-order valence-corrected chi connectivity index (χ2v) is 10.00. The molecule has 188 valence electrons. The molecular formula is C28H36ClN3O3. The van der Waals surface area contributed by atoms with E-state index < -0.39 is 0 Å². The highest BCUT2D eigenvalue weighted by Gasteiger charge is 2.18. The van der Waals surface area contributed by atoms with E-state index >= 15 is 0 Å². The molecule has 1 aliphatic rings. The maximum Gasteiger partial charge on any atom is 0.234 e. The Bertz CT molecular complexity index is 1090. The van der Waals surface area contributed by atoms with Gasteiger partial charge in [-0.3, -0.25) is 9.69 Å². The lowest BCUT2D eigenvalue weighted by Crippen LogP contribution is -2.50. The van der Waals surface area contributed by atoms with E-state index in [9.17, 15) is 4.79 Å². The molecule has 0 atom stereocenters. The van der Waals surface area contributed by atoms with Crippen LogP contribution in [0.3, 0.4) is 0 Å². The molecule has 4 rings (SSSR count). The molecule has 1 amide bonds. The standard InChI is InChI=1S/C28H36ClN3O3/c1-21(2)30-28(33)19-32-15-13-31(14-16-32)12-4-3-5-17-34-24-10-11-25-26(20-35-27(25)18-24)22-6-8-23(29)9-7-22/h6-11,18,20-21H,3-5,12-17,19H2,1-2H3,(H,30,33). The molecule has 3 aromatic rings. The summed E-state index contributed by atoms with van der Waals surface area (Å²) < 4.78 is 11.8. The Balaban J connectivity index is 1.12. The van der Waals surface area contributed by atoms with Gasteiger partial charge in [0.05, 0.1) is 19.4 Å². The Morgan fingerprint density at radius 2 is 1.77 bits per heavy atom. The van der Waals surface area contributed by atoms with Crippen molar-refractivity contribution in [3.63, 3.8) is 0 Å². The summed E-state index contributed by atoms with van der Waals surface area (Å²) in [4.78, 5) is 16.7.